The first-order valence-electron chi connectivity index (χ1n) is 3.07. The highest BCUT2D eigenvalue weighted by Gasteiger charge is 2.03. The maximum Gasteiger partial charge on any atom is 0.134 e. The molecule has 58 valence electrons. The molecule has 0 saturated carbocycles. The lowest BCUT2D eigenvalue weighted by atomic mass is 10.1. The number of benzene rings is 1. The van der Waals surface area contributed by atoms with Crippen molar-refractivity contribution in [1.82, 2.24) is 0 Å². The number of hydrogen-bond donors (Lipinski definition) is 0. The van der Waals surface area contributed by atoms with E-state index in [4.69, 9.17) is 12.2 Å². The number of hydrogen-bond acceptors (Lipinski definition) is 1. The van der Waals surface area contributed by atoms with Crippen molar-refractivity contribution in [3.8, 4) is 0 Å². The zero-order valence-corrected chi connectivity index (χ0v) is 6.71. The normalized spacial score (nSPS) is 9.73. The third-order valence-corrected chi connectivity index (χ3v) is 1.53. The maximum absolute atomic E-state index is 12.8. The van der Waals surface area contributed by atoms with E-state index in [1.165, 1.54) is 12.1 Å². The van der Waals surface area contributed by atoms with Gasteiger partial charge in [-0.3, -0.25) is 0 Å². The Hall–Kier alpha value is -0.830. The standard InChI is InChI=1S/C8H6F2S/c1-5(11)7-3-2-6(9)4-8(7)10/h2-4H,1H3. The van der Waals surface area contributed by atoms with Gasteiger partial charge >= 0.3 is 0 Å². The van der Waals surface area contributed by atoms with Crippen molar-refractivity contribution < 1.29 is 8.78 Å². The minimum Gasteiger partial charge on any atom is -0.207 e. The van der Waals surface area contributed by atoms with Crippen molar-refractivity contribution in [3.63, 3.8) is 0 Å². The zero-order chi connectivity index (χ0) is 8.43. The van der Waals surface area contributed by atoms with Crippen LogP contribution in [-0.4, -0.2) is 4.86 Å². The fraction of sp³-hybridized carbons (Fsp3) is 0.125. The van der Waals surface area contributed by atoms with Gasteiger partial charge < -0.3 is 0 Å². The average molecular weight is 172 g/mol. The molecule has 0 nitrogen and oxygen atoms in total. The lowest BCUT2D eigenvalue weighted by Gasteiger charge is -1.98. The third kappa shape index (κ3) is 1.80. The van der Waals surface area contributed by atoms with Crippen LogP contribution in [0.15, 0.2) is 18.2 Å². The summed E-state index contributed by atoms with van der Waals surface area (Å²) in [5.41, 5.74) is 0.293. The van der Waals surface area contributed by atoms with Crippen LogP contribution < -0.4 is 0 Å². The molecule has 0 fully saturated rings. The Labute approximate surface area is 68.9 Å². The van der Waals surface area contributed by atoms with Crippen molar-refractivity contribution in [1.29, 1.82) is 0 Å². The summed E-state index contributed by atoms with van der Waals surface area (Å²) in [6.07, 6.45) is 0. The van der Waals surface area contributed by atoms with Gasteiger partial charge in [-0.25, -0.2) is 8.78 Å². The van der Waals surface area contributed by atoms with Gasteiger partial charge in [0, 0.05) is 16.5 Å². The van der Waals surface area contributed by atoms with Crippen LogP contribution in [0.3, 0.4) is 0 Å². The molecular formula is C8H6F2S. The minimum atomic E-state index is -0.600. The van der Waals surface area contributed by atoms with Crippen LogP contribution in [0.5, 0.6) is 0 Å². The average Bonchev–Trinajstić information content (AvgIpc) is 1.85. The molecule has 0 amide bonds. The van der Waals surface area contributed by atoms with E-state index >= 15 is 0 Å². The Morgan fingerprint density at radius 2 is 2.00 bits per heavy atom. The second-order valence-electron chi connectivity index (χ2n) is 2.18. The summed E-state index contributed by atoms with van der Waals surface area (Å²) < 4.78 is 25.1. The molecular weight excluding hydrogens is 166 g/mol. The van der Waals surface area contributed by atoms with Crippen molar-refractivity contribution in [2.24, 2.45) is 0 Å². The quantitative estimate of drug-likeness (QED) is 0.463. The Morgan fingerprint density at radius 3 is 2.45 bits per heavy atom. The molecule has 3 heteroatoms. The second-order valence-corrected chi connectivity index (χ2v) is 2.79. The highest BCUT2D eigenvalue weighted by molar-refractivity contribution is 7.80. The predicted molar refractivity (Wildman–Crippen MR) is 43.7 cm³/mol. The Morgan fingerprint density at radius 1 is 1.36 bits per heavy atom. The first kappa shape index (κ1) is 8.27. The molecule has 0 spiro atoms. The summed E-state index contributed by atoms with van der Waals surface area (Å²) >= 11 is 4.73. The lowest BCUT2D eigenvalue weighted by Crippen LogP contribution is -1.95. The minimum absolute atomic E-state index is 0.293. The molecule has 0 N–H and O–H groups in total. The number of rotatable bonds is 1. The predicted octanol–water partition coefficient (Wildman–Crippen LogP) is 2.70. The molecule has 1 aromatic carbocycles. The molecule has 0 aromatic heterocycles. The van der Waals surface area contributed by atoms with Crippen LogP contribution in [0.1, 0.15) is 12.5 Å². The third-order valence-electron chi connectivity index (χ3n) is 1.31. The van der Waals surface area contributed by atoms with Crippen molar-refractivity contribution >= 4 is 17.1 Å². The van der Waals surface area contributed by atoms with Gasteiger partial charge in [0.1, 0.15) is 11.6 Å². The van der Waals surface area contributed by atoms with Gasteiger partial charge in [0.2, 0.25) is 0 Å². The van der Waals surface area contributed by atoms with Gasteiger partial charge in [-0.1, -0.05) is 12.2 Å². The van der Waals surface area contributed by atoms with Crippen LogP contribution >= 0.6 is 12.2 Å². The van der Waals surface area contributed by atoms with Crippen LogP contribution in [0, 0.1) is 11.6 Å². The molecule has 11 heavy (non-hydrogen) atoms. The molecule has 0 aliphatic heterocycles. The summed E-state index contributed by atoms with van der Waals surface area (Å²) in [5, 5.41) is 0. The molecule has 0 unspecified atom stereocenters. The van der Waals surface area contributed by atoms with Crippen molar-refractivity contribution in [2.75, 3.05) is 0 Å². The Bertz CT molecular complexity index is 294. The lowest BCUT2D eigenvalue weighted by molar-refractivity contribution is 0.582. The van der Waals surface area contributed by atoms with Gasteiger partial charge in [-0.2, -0.15) is 0 Å². The van der Waals surface area contributed by atoms with E-state index in [0.717, 1.165) is 6.07 Å². The smallest absolute Gasteiger partial charge is 0.134 e. The molecule has 1 rings (SSSR count). The molecule has 1 aromatic rings. The summed E-state index contributed by atoms with van der Waals surface area (Å²) in [6, 6.07) is 3.35. The van der Waals surface area contributed by atoms with Gasteiger partial charge in [0.05, 0.1) is 0 Å². The molecule has 0 heterocycles. The van der Waals surface area contributed by atoms with Gasteiger partial charge in [-0.05, 0) is 19.1 Å². The van der Waals surface area contributed by atoms with Crippen molar-refractivity contribution in [3.05, 3.63) is 35.4 Å². The maximum atomic E-state index is 12.8. The molecule has 0 saturated heterocycles. The van der Waals surface area contributed by atoms with Gasteiger partial charge in [0.15, 0.2) is 0 Å². The fourth-order valence-electron chi connectivity index (χ4n) is 0.775. The van der Waals surface area contributed by atoms with E-state index in [-0.39, 0.29) is 0 Å². The fourth-order valence-corrected chi connectivity index (χ4v) is 0.941. The molecule has 0 atom stereocenters. The largest absolute Gasteiger partial charge is 0.207 e. The van der Waals surface area contributed by atoms with Gasteiger partial charge in [0.25, 0.3) is 0 Å². The van der Waals surface area contributed by atoms with E-state index in [1.54, 1.807) is 6.92 Å². The number of halogens is 2. The molecule has 0 aliphatic carbocycles. The highest BCUT2D eigenvalue weighted by atomic mass is 32.1. The van der Waals surface area contributed by atoms with E-state index in [0.29, 0.717) is 10.4 Å². The van der Waals surface area contributed by atoms with E-state index in [9.17, 15) is 8.78 Å². The summed E-state index contributed by atoms with van der Waals surface area (Å²) in [7, 11) is 0. The first-order valence-corrected chi connectivity index (χ1v) is 3.48. The summed E-state index contributed by atoms with van der Waals surface area (Å²) in [6.45, 7) is 1.60. The molecule has 0 aliphatic rings. The first-order chi connectivity index (χ1) is 5.11. The van der Waals surface area contributed by atoms with Crippen LogP contribution in [-0.2, 0) is 0 Å². The van der Waals surface area contributed by atoms with Crippen molar-refractivity contribution in [2.45, 2.75) is 6.92 Å². The summed E-state index contributed by atoms with van der Waals surface area (Å²) in [5.74, 6) is -1.18. The monoisotopic (exact) mass is 172 g/mol. The second kappa shape index (κ2) is 3.05. The molecule has 0 radical (unpaired) electrons. The van der Waals surface area contributed by atoms with Crippen LogP contribution in [0.2, 0.25) is 0 Å². The Balaban J connectivity index is 3.20. The van der Waals surface area contributed by atoms with Crippen LogP contribution in [0.4, 0.5) is 8.78 Å². The van der Waals surface area contributed by atoms with E-state index in [2.05, 4.69) is 0 Å². The van der Waals surface area contributed by atoms with Crippen LogP contribution in [0.25, 0.3) is 0 Å². The highest BCUT2D eigenvalue weighted by Crippen LogP contribution is 2.10. The SMILES string of the molecule is CC(=S)c1ccc(F)cc1F. The van der Waals surface area contributed by atoms with E-state index < -0.39 is 11.6 Å². The zero-order valence-electron chi connectivity index (χ0n) is 5.90. The van der Waals surface area contributed by atoms with E-state index in [1.807, 2.05) is 0 Å². The summed E-state index contributed by atoms with van der Waals surface area (Å²) in [4.78, 5) is 0.433. The molecule has 0 bridgehead atoms. The topological polar surface area (TPSA) is 0 Å². The Kier molecular flexibility index (Phi) is 2.29. The van der Waals surface area contributed by atoms with Gasteiger partial charge in [-0.15, -0.1) is 0 Å². The number of thiocarbonyl (C=S) groups is 1.